The van der Waals surface area contributed by atoms with Crippen molar-refractivity contribution in [2.75, 3.05) is 39.4 Å². The minimum absolute atomic E-state index is 0. The normalized spacial score (nSPS) is 10.8. The zero-order chi connectivity index (χ0) is 16.5. The zero-order valence-corrected chi connectivity index (χ0v) is 17.3. The molecule has 0 aromatic rings. The number of hydrogen-bond acceptors (Lipinski definition) is 3. The van der Waals surface area contributed by atoms with Crippen molar-refractivity contribution in [3.63, 3.8) is 0 Å². The lowest BCUT2D eigenvalue weighted by molar-refractivity contribution is -0.120. The van der Waals surface area contributed by atoms with Crippen molar-refractivity contribution >= 4 is 35.8 Å². The van der Waals surface area contributed by atoms with Gasteiger partial charge < -0.3 is 20.7 Å². The van der Waals surface area contributed by atoms with Crippen LogP contribution in [-0.4, -0.2) is 51.3 Å². The summed E-state index contributed by atoms with van der Waals surface area (Å²) < 4.78 is 5.50. The first-order valence-corrected chi connectivity index (χ1v) is 8.61. The van der Waals surface area contributed by atoms with Gasteiger partial charge in [-0.3, -0.25) is 9.79 Å². The summed E-state index contributed by atoms with van der Waals surface area (Å²) in [5.74, 6) is 0.842. The maximum Gasteiger partial charge on any atom is 0.221 e. The molecule has 0 spiro atoms. The molecule has 0 radical (unpaired) electrons. The van der Waals surface area contributed by atoms with Gasteiger partial charge in [-0.25, -0.2) is 0 Å². The molecule has 0 unspecified atom stereocenters. The highest BCUT2D eigenvalue weighted by Crippen LogP contribution is 1.90. The van der Waals surface area contributed by atoms with E-state index in [1.165, 1.54) is 6.42 Å². The topological polar surface area (TPSA) is 74.8 Å². The van der Waals surface area contributed by atoms with E-state index in [0.29, 0.717) is 13.0 Å². The van der Waals surface area contributed by atoms with Gasteiger partial charge in [0.2, 0.25) is 5.91 Å². The SMILES string of the molecule is CCCCOCCCN=C(NCC)NCCC(=O)NCCC.I. The second kappa shape index (κ2) is 19.5. The quantitative estimate of drug-likeness (QED) is 0.177. The summed E-state index contributed by atoms with van der Waals surface area (Å²) in [6.07, 6.45) is 4.62. The molecule has 0 aliphatic heterocycles. The molecule has 0 atom stereocenters. The molecule has 1 amide bonds. The fourth-order valence-electron chi connectivity index (χ4n) is 1.69. The largest absolute Gasteiger partial charge is 0.381 e. The zero-order valence-electron chi connectivity index (χ0n) is 15.0. The summed E-state index contributed by atoms with van der Waals surface area (Å²) in [6, 6.07) is 0. The number of carbonyl (C=O) groups excluding carboxylic acids is 1. The third-order valence-electron chi connectivity index (χ3n) is 2.92. The van der Waals surface area contributed by atoms with Crippen molar-refractivity contribution in [1.82, 2.24) is 16.0 Å². The maximum absolute atomic E-state index is 11.5. The Morgan fingerprint density at radius 1 is 0.957 bits per heavy atom. The number of amides is 1. The summed E-state index contributed by atoms with van der Waals surface area (Å²) in [4.78, 5) is 16.0. The molecule has 3 N–H and O–H groups in total. The van der Waals surface area contributed by atoms with Crippen LogP contribution in [0.25, 0.3) is 0 Å². The van der Waals surface area contributed by atoms with Gasteiger partial charge in [-0.05, 0) is 26.2 Å². The number of guanidine groups is 1. The minimum Gasteiger partial charge on any atom is -0.381 e. The van der Waals surface area contributed by atoms with Crippen LogP contribution in [0.1, 0.15) is 52.9 Å². The molecule has 0 aromatic heterocycles. The maximum atomic E-state index is 11.5. The average Bonchev–Trinajstić information content (AvgIpc) is 2.52. The molecule has 0 aliphatic carbocycles. The van der Waals surface area contributed by atoms with Crippen LogP contribution < -0.4 is 16.0 Å². The second-order valence-electron chi connectivity index (χ2n) is 5.11. The number of halogens is 1. The summed E-state index contributed by atoms with van der Waals surface area (Å²) in [6.45, 7) is 10.7. The molecule has 0 saturated carbocycles. The molecule has 0 aliphatic rings. The lowest BCUT2D eigenvalue weighted by Crippen LogP contribution is -2.39. The molecule has 0 heterocycles. The monoisotopic (exact) mass is 442 g/mol. The Bertz CT molecular complexity index is 302. The first kappa shape index (κ1) is 24.7. The number of unbranched alkanes of at least 4 members (excludes halogenated alkanes) is 1. The highest BCUT2D eigenvalue weighted by molar-refractivity contribution is 14.0. The van der Waals surface area contributed by atoms with Crippen molar-refractivity contribution in [2.45, 2.75) is 52.9 Å². The number of aliphatic imine (C=N–C) groups is 1. The van der Waals surface area contributed by atoms with Crippen LogP contribution in [0.5, 0.6) is 0 Å². The molecule has 0 rings (SSSR count). The average molecular weight is 442 g/mol. The van der Waals surface area contributed by atoms with Crippen LogP contribution in [0.3, 0.4) is 0 Å². The minimum atomic E-state index is 0. The Labute approximate surface area is 158 Å². The number of rotatable bonds is 13. The van der Waals surface area contributed by atoms with E-state index in [0.717, 1.165) is 58.1 Å². The van der Waals surface area contributed by atoms with Gasteiger partial charge in [0.1, 0.15) is 0 Å². The van der Waals surface area contributed by atoms with E-state index in [-0.39, 0.29) is 29.9 Å². The van der Waals surface area contributed by atoms with E-state index in [1.54, 1.807) is 0 Å². The van der Waals surface area contributed by atoms with E-state index in [4.69, 9.17) is 4.74 Å². The molecule has 23 heavy (non-hydrogen) atoms. The Balaban J connectivity index is 0. The number of nitrogens with zero attached hydrogens (tertiary/aromatic N) is 1. The predicted octanol–water partition coefficient (Wildman–Crippen LogP) is 2.28. The van der Waals surface area contributed by atoms with E-state index < -0.39 is 0 Å². The van der Waals surface area contributed by atoms with Gasteiger partial charge in [0, 0.05) is 45.8 Å². The van der Waals surface area contributed by atoms with E-state index >= 15 is 0 Å². The van der Waals surface area contributed by atoms with Crippen LogP contribution in [0.2, 0.25) is 0 Å². The molecule has 0 fully saturated rings. The molecule has 138 valence electrons. The van der Waals surface area contributed by atoms with Crippen LogP contribution in [-0.2, 0) is 9.53 Å². The second-order valence-corrected chi connectivity index (χ2v) is 5.11. The van der Waals surface area contributed by atoms with Crippen molar-refractivity contribution in [3.05, 3.63) is 0 Å². The molecular formula is C16H35IN4O2. The van der Waals surface area contributed by atoms with Gasteiger partial charge in [0.15, 0.2) is 5.96 Å². The fourth-order valence-corrected chi connectivity index (χ4v) is 1.69. The van der Waals surface area contributed by atoms with Crippen molar-refractivity contribution < 1.29 is 9.53 Å². The molecule has 6 nitrogen and oxygen atoms in total. The highest BCUT2D eigenvalue weighted by atomic mass is 127. The van der Waals surface area contributed by atoms with Gasteiger partial charge in [-0.2, -0.15) is 0 Å². The number of hydrogen-bond donors (Lipinski definition) is 3. The lowest BCUT2D eigenvalue weighted by Gasteiger charge is -2.11. The third-order valence-corrected chi connectivity index (χ3v) is 2.92. The smallest absolute Gasteiger partial charge is 0.221 e. The fraction of sp³-hybridized carbons (Fsp3) is 0.875. The van der Waals surface area contributed by atoms with Crippen LogP contribution in [0.15, 0.2) is 4.99 Å². The Hall–Kier alpha value is -0.570. The van der Waals surface area contributed by atoms with E-state index in [2.05, 4.69) is 27.9 Å². The lowest BCUT2D eigenvalue weighted by atomic mass is 10.3. The van der Waals surface area contributed by atoms with Gasteiger partial charge >= 0.3 is 0 Å². The van der Waals surface area contributed by atoms with Gasteiger partial charge in [0.05, 0.1) is 0 Å². The van der Waals surface area contributed by atoms with E-state index in [1.807, 2.05) is 13.8 Å². The first-order valence-electron chi connectivity index (χ1n) is 8.61. The van der Waals surface area contributed by atoms with Crippen molar-refractivity contribution in [1.29, 1.82) is 0 Å². The molecule has 0 aromatic carbocycles. The Morgan fingerprint density at radius 3 is 2.35 bits per heavy atom. The highest BCUT2D eigenvalue weighted by Gasteiger charge is 2.01. The molecular weight excluding hydrogens is 407 g/mol. The van der Waals surface area contributed by atoms with Gasteiger partial charge in [-0.15, -0.1) is 24.0 Å². The number of ether oxygens (including phenoxy) is 1. The number of carbonyl (C=O) groups is 1. The summed E-state index contributed by atoms with van der Waals surface area (Å²) in [5.41, 5.74) is 0. The summed E-state index contributed by atoms with van der Waals surface area (Å²) in [5, 5.41) is 9.21. The molecule has 0 saturated heterocycles. The Kier molecular flexibility index (Phi) is 20.9. The first-order chi connectivity index (χ1) is 10.7. The molecule has 0 bridgehead atoms. The van der Waals surface area contributed by atoms with Crippen LogP contribution in [0, 0.1) is 0 Å². The Morgan fingerprint density at radius 2 is 1.70 bits per heavy atom. The van der Waals surface area contributed by atoms with Gasteiger partial charge in [-0.1, -0.05) is 20.3 Å². The van der Waals surface area contributed by atoms with Crippen molar-refractivity contribution in [3.8, 4) is 0 Å². The summed E-state index contributed by atoms with van der Waals surface area (Å²) in [7, 11) is 0. The van der Waals surface area contributed by atoms with Crippen molar-refractivity contribution in [2.24, 2.45) is 4.99 Å². The molecule has 7 heteroatoms. The van der Waals surface area contributed by atoms with E-state index in [9.17, 15) is 4.79 Å². The number of nitrogens with one attached hydrogen (secondary N) is 3. The van der Waals surface area contributed by atoms with Crippen LogP contribution in [0.4, 0.5) is 0 Å². The predicted molar refractivity (Wildman–Crippen MR) is 108 cm³/mol. The summed E-state index contributed by atoms with van der Waals surface area (Å²) >= 11 is 0. The standard InChI is InChI=1S/C16H34N4O2.HI/c1-4-7-13-22-14-8-11-19-16(17-6-3)20-12-9-15(21)18-10-5-2;/h4-14H2,1-3H3,(H,18,21)(H2,17,19,20);1H. The third kappa shape index (κ3) is 17.6. The van der Waals surface area contributed by atoms with Gasteiger partial charge in [0.25, 0.3) is 0 Å². The van der Waals surface area contributed by atoms with Crippen LogP contribution >= 0.6 is 24.0 Å².